The van der Waals surface area contributed by atoms with Crippen molar-refractivity contribution in [3.05, 3.63) is 72.6 Å². The number of hydrogen-bond donors (Lipinski definition) is 3. The molecule has 4 rings (SSSR count). The number of nitrogens with zero attached hydrogens (tertiary/aromatic N) is 3. The van der Waals surface area contributed by atoms with Crippen LogP contribution in [-0.2, 0) is 4.79 Å². The van der Waals surface area contributed by atoms with E-state index in [0.29, 0.717) is 10.7 Å². The summed E-state index contributed by atoms with van der Waals surface area (Å²) < 4.78 is 2.73. The molecule has 0 aliphatic carbocycles. The van der Waals surface area contributed by atoms with Gasteiger partial charge in [-0.3, -0.25) is 20.4 Å². The Labute approximate surface area is 164 Å². The van der Waals surface area contributed by atoms with Gasteiger partial charge in [-0.2, -0.15) is 5.10 Å². The van der Waals surface area contributed by atoms with E-state index in [9.17, 15) is 9.59 Å². The van der Waals surface area contributed by atoms with Crippen LogP contribution in [0.2, 0.25) is 0 Å². The number of carbonyl (C=O) groups is 2. The van der Waals surface area contributed by atoms with E-state index in [1.54, 1.807) is 35.1 Å². The summed E-state index contributed by atoms with van der Waals surface area (Å²) in [5, 5.41) is 7.73. The number of amides is 2. The standard InChI is InChI=1S/C19H16N6O2S/c26-17(12-20-19-22-15-4-1-2-5-16(15)28-19)23-24-18(27)13-6-8-14(9-7-13)25-11-3-10-21-25/h1-11H,12H2,(H,20,22)(H,23,26)(H,24,27). The van der Waals surface area contributed by atoms with Crippen LogP contribution in [0.4, 0.5) is 5.13 Å². The van der Waals surface area contributed by atoms with Gasteiger partial charge in [-0.15, -0.1) is 0 Å². The lowest BCUT2D eigenvalue weighted by molar-refractivity contribution is -0.120. The van der Waals surface area contributed by atoms with Crippen LogP contribution < -0.4 is 16.2 Å². The van der Waals surface area contributed by atoms with Gasteiger partial charge in [0.1, 0.15) is 0 Å². The third kappa shape index (κ3) is 3.99. The number of rotatable bonds is 5. The van der Waals surface area contributed by atoms with Crippen molar-refractivity contribution in [2.75, 3.05) is 11.9 Å². The van der Waals surface area contributed by atoms with E-state index in [0.717, 1.165) is 15.9 Å². The molecular weight excluding hydrogens is 376 g/mol. The minimum Gasteiger partial charge on any atom is -0.352 e. The first-order valence-corrected chi connectivity index (χ1v) is 9.29. The molecule has 0 spiro atoms. The SMILES string of the molecule is O=C(CNc1nc2ccccc2s1)NNC(=O)c1ccc(-n2cccn2)cc1. The number of hydrogen-bond acceptors (Lipinski definition) is 6. The van der Waals surface area contributed by atoms with E-state index < -0.39 is 5.91 Å². The van der Waals surface area contributed by atoms with Gasteiger partial charge < -0.3 is 5.32 Å². The molecule has 0 atom stereocenters. The molecule has 140 valence electrons. The normalized spacial score (nSPS) is 10.6. The predicted octanol–water partition coefficient (Wildman–Crippen LogP) is 2.36. The predicted molar refractivity (Wildman–Crippen MR) is 107 cm³/mol. The van der Waals surface area contributed by atoms with E-state index in [4.69, 9.17) is 0 Å². The molecule has 0 bridgehead atoms. The first-order chi connectivity index (χ1) is 13.7. The monoisotopic (exact) mass is 392 g/mol. The minimum absolute atomic E-state index is 0.00165. The molecule has 2 aromatic heterocycles. The zero-order chi connectivity index (χ0) is 19.3. The molecule has 0 radical (unpaired) electrons. The van der Waals surface area contributed by atoms with Crippen molar-refractivity contribution in [3.8, 4) is 5.69 Å². The summed E-state index contributed by atoms with van der Waals surface area (Å²) >= 11 is 1.46. The van der Waals surface area contributed by atoms with Crippen molar-refractivity contribution in [1.82, 2.24) is 25.6 Å². The second-order valence-corrected chi connectivity index (χ2v) is 6.87. The van der Waals surface area contributed by atoms with E-state index in [1.165, 1.54) is 11.3 Å². The van der Waals surface area contributed by atoms with Gasteiger partial charge in [0.15, 0.2) is 5.13 Å². The van der Waals surface area contributed by atoms with Crippen molar-refractivity contribution < 1.29 is 9.59 Å². The van der Waals surface area contributed by atoms with Crippen LogP contribution in [0.1, 0.15) is 10.4 Å². The second kappa shape index (κ2) is 7.89. The van der Waals surface area contributed by atoms with Crippen LogP contribution in [-0.4, -0.2) is 33.1 Å². The molecule has 2 heterocycles. The van der Waals surface area contributed by atoms with Crippen LogP contribution in [0.25, 0.3) is 15.9 Å². The Bertz CT molecular complexity index is 1070. The lowest BCUT2D eigenvalue weighted by Gasteiger charge is -2.08. The molecule has 0 aliphatic heterocycles. The smallest absolute Gasteiger partial charge is 0.269 e. The fourth-order valence-corrected chi connectivity index (χ4v) is 3.40. The highest BCUT2D eigenvalue weighted by molar-refractivity contribution is 7.22. The van der Waals surface area contributed by atoms with Crippen molar-refractivity contribution in [3.63, 3.8) is 0 Å². The molecule has 9 heteroatoms. The van der Waals surface area contributed by atoms with Crippen LogP contribution >= 0.6 is 11.3 Å². The maximum Gasteiger partial charge on any atom is 0.269 e. The quantitative estimate of drug-likeness (QED) is 0.453. The van der Waals surface area contributed by atoms with E-state index >= 15 is 0 Å². The Balaban J connectivity index is 1.27. The van der Waals surface area contributed by atoms with E-state index in [2.05, 4.69) is 26.3 Å². The Morgan fingerprint density at radius 2 is 1.82 bits per heavy atom. The lowest BCUT2D eigenvalue weighted by Crippen LogP contribution is -2.44. The minimum atomic E-state index is -0.402. The average molecular weight is 392 g/mol. The number of benzene rings is 2. The molecule has 2 amide bonds. The fourth-order valence-electron chi connectivity index (χ4n) is 2.53. The third-order valence-corrected chi connectivity index (χ3v) is 4.90. The van der Waals surface area contributed by atoms with Crippen molar-refractivity contribution in [2.45, 2.75) is 0 Å². The summed E-state index contributed by atoms with van der Waals surface area (Å²) in [6, 6.07) is 16.4. The molecule has 0 aliphatic rings. The number of nitrogens with one attached hydrogen (secondary N) is 3. The van der Waals surface area contributed by atoms with Gasteiger partial charge in [-0.1, -0.05) is 23.5 Å². The first kappa shape index (κ1) is 17.7. The summed E-state index contributed by atoms with van der Waals surface area (Å²) in [7, 11) is 0. The van der Waals surface area contributed by atoms with Crippen LogP contribution in [0, 0.1) is 0 Å². The van der Waals surface area contributed by atoms with Gasteiger partial charge in [-0.05, 0) is 42.5 Å². The van der Waals surface area contributed by atoms with Gasteiger partial charge in [0.2, 0.25) is 0 Å². The number of carbonyl (C=O) groups excluding carboxylic acids is 2. The number of aromatic nitrogens is 3. The van der Waals surface area contributed by atoms with Gasteiger partial charge >= 0.3 is 0 Å². The highest BCUT2D eigenvalue weighted by Gasteiger charge is 2.09. The average Bonchev–Trinajstić information content (AvgIpc) is 3.40. The maximum atomic E-state index is 12.2. The molecule has 3 N–H and O–H groups in total. The Kier molecular flexibility index (Phi) is 4.98. The number of anilines is 1. The number of fused-ring (bicyclic) bond motifs is 1. The number of para-hydroxylation sites is 1. The van der Waals surface area contributed by atoms with Crippen molar-refractivity contribution in [2.24, 2.45) is 0 Å². The van der Waals surface area contributed by atoms with Gasteiger partial charge in [-0.25, -0.2) is 9.67 Å². The summed E-state index contributed by atoms with van der Waals surface area (Å²) in [6.07, 6.45) is 3.49. The molecule has 0 saturated heterocycles. The number of hydrazine groups is 1. The summed E-state index contributed by atoms with van der Waals surface area (Å²) in [5.41, 5.74) is 6.93. The summed E-state index contributed by atoms with van der Waals surface area (Å²) in [5.74, 6) is -0.777. The van der Waals surface area contributed by atoms with Crippen LogP contribution in [0.3, 0.4) is 0 Å². The molecule has 4 aromatic rings. The topological polar surface area (TPSA) is 101 Å². The highest BCUT2D eigenvalue weighted by atomic mass is 32.1. The largest absolute Gasteiger partial charge is 0.352 e. The third-order valence-electron chi connectivity index (χ3n) is 3.91. The summed E-state index contributed by atoms with van der Waals surface area (Å²) in [4.78, 5) is 28.5. The van der Waals surface area contributed by atoms with Crippen LogP contribution in [0.5, 0.6) is 0 Å². The maximum absolute atomic E-state index is 12.2. The van der Waals surface area contributed by atoms with E-state index in [1.807, 2.05) is 36.5 Å². The molecule has 8 nitrogen and oxygen atoms in total. The molecule has 28 heavy (non-hydrogen) atoms. The Morgan fingerprint density at radius 1 is 1.00 bits per heavy atom. The Hall–Kier alpha value is -3.72. The second-order valence-electron chi connectivity index (χ2n) is 5.84. The molecule has 0 saturated carbocycles. The van der Waals surface area contributed by atoms with Gasteiger partial charge in [0.05, 0.1) is 22.4 Å². The number of thiazole rings is 1. The zero-order valence-electron chi connectivity index (χ0n) is 14.6. The highest BCUT2D eigenvalue weighted by Crippen LogP contribution is 2.24. The lowest BCUT2D eigenvalue weighted by atomic mass is 10.2. The fraction of sp³-hybridized carbons (Fsp3) is 0.0526. The summed E-state index contributed by atoms with van der Waals surface area (Å²) in [6.45, 7) is -0.00165. The van der Waals surface area contributed by atoms with Crippen molar-refractivity contribution >= 4 is 38.5 Å². The van der Waals surface area contributed by atoms with E-state index in [-0.39, 0.29) is 12.5 Å². The zero-order valence-corrected chi connectivity index (χ0v) is 15.4. The van der Waals surface area contributed by atoms with Crippen molar-refractivity contribution in [1.29, 1.82) is 0 Å². The molecule has 0 fully saturated rings. The molecule has 2 aromatic carbocycles. The first-order valence-electron chi connectivity index (χ1n) is 8.48. The molecule has 0 unspecified atom stereocenters. The Morgan fingerprint density at radius 3 is 2.57 bits per heavy atom. The van der Waals surface area contributed by atoms with Crippen LogP contribution in [0.15, 0.2) is 67.0 Å². The molecular formula is C19H16N6O2S. The van der Waals surface area contributed by atoms with Gasteiger partial charge in [0.25, 0.3) is 11.8 Å². The van der Waals surface area contributed by atoms with Gasteiger partial charge in [0, 0.05) is 18.0 Å².